The Morgan fingerprint density at radius 1 is 1.42 bits per heavy atom. The van der Waals surface area contributed by atoms with Gasteiger partial charge in [-0.05, 0) is 44.5 Å². The van der Waals surface area contributed by atoms with E-state index in [0.717, 1.165) is 31.6 Å². The summed E-state index contributed by atoms with van der Waals surface area (Å²) < 4.78 is 5.04. The molecule has 0 saturated carbocycles. The minimum atomic E-state index is -0.614. The molecule has 1 aliphatic rings. The van der Waals surface area contributed by atoms with Crippen LogP contribution in [0.5, 0.6) is 11.5 Å². The third-order valence-electron chi connectivity index (χ3n) is 3.92. The Balaban J connectivity index is 1.98. The summed E-state index contributed by atoms with van der Waals surface area (Å²) in [5.41, 5.74) is 0.450. The Kier molecular flexibility index (Phi) is 4.02. The molecule has 19 heavy (non-hydrogen) atoms. The van der Waals surface area contributed by atoms with Crippen LogP contribution in [0.25, 0.3) is 0 Å². The minimum absolute atomic E-state index is 0.179. The maximum atomic E-state index is 10.0. The second-order valence-corrected chi connectivity index (χ2v) is 5.88. The molecule has 4 heteroatoms. The van der Waals surface area contributed by atoms with Gasteiger partial charge in [0.05, 0.1) is 12.7 Å². The number of ether oxygens (including phenoxy) is 1. The van der Waals surface area contributed by atoms with Gasteiger partial charge in [-0.1, -0.05) is 6.07 Å². The van der Waals surface area contributed by atoms with Crippen molar-refractivity contribution in [1.82, 2.24) is 4.90 Å². The van der Waals surface area contributed by atoms with Gasteiger partial charge < -0.3 is 14.9 Å². The van der Waals surface area contributed by atoms with Crippen LogP contribution in [-0.2, 0) is 6.54 Å². The van der Waals surface area contributed by atoms with Gasteiger partial charge in [-0.2, -0.15) is 0 Å². The lowest BCUT2D eigenvalue weighted by molar-refractivity contribution is 0.0208. The summed E-state index contributed by atoms with van der Waals surface area (Å²) in [6.07, 6.45) is 1.02. The first kappa shape index (κ1) is 14.2. The fourth-order valence-corrected chi connectivity index (χ4v) is 2.65. The molecule has 1 aromatic carbocycles. The highest BCUT2D eigenvalue weighted by atomic mass is 16.5. The van der Waals surface area contributed by atoms with E-state index in [0.29, 0.717) is 11.7 Å². The Hall–Kier alpha value is -1.26. The second kappa shape index (κ2) is 5.39. The topological polar surface area (TPSA) is 52.9 Å². The molecule has 0 radical (unpaired) electrons. The molecular weight excluding hydrogens is 242 g/mol. The molecule has 1 unspecified atom stereocenters. The molecule has 0 amide bonds. The number of phenolic OH excluding ortho intramolecular Hbond substituents is 1. The van der Waals surface area contributed by atoms with E-state index in [1.54, 1.807) is 19.2 Å². The van der Waals surface area contributed by atoms with Gasteiger partial charge in [0.1, 0.15) is 0 Å². The maximum Gasteiger partial charge on any atom is 0.160 e. The Morgan fingerprint density at radius 2 is 2.16 bits per heavy atom. The largest absolute Gasteiger partial charge is 0.504 e. The molecule has 2 rings (SSSR count). The van der Waals surface area contributed by atoms with Crippen molar-refractivity contribution in [2.45, 2.75) is 32.4 Å². The molecular formula is C15H23NO3. The number of aliphatic hydroxyl groups is 1. The molecule has 1 aromatic rings. The van der Waals surface area contributed by atoms with Crippen LogP contribution in [0.1, 0.15) is 25.8 Å². The summed E-state index contributed by atoms with van der Waals surface area (Å²) in [7, 11) is 1.54. The lowest BCUT2D eigenvalue weighted by Gasteiger charge is -2.25. The number of rotatable bonds is 4. The van der Waals surface area contributed by atoms with Crippen molar-refractivity contribution < 1.29 is 14.9 Å². The Bertz CT molecular complexity index is 440. The van der Waals surface area contributed by atoms with E-state index in [1.807, 2.05) is 19.9 Å². The van der Waals surface area contributed by atoms with E-state index >= 15 is 0 Å². The van der Waals surface area contributed by atoms with Crippen LogP contribution in [0.2, 0.25) is 0 Å². The second-order valence-electron chi connectivity index (χ2n) is 5.88. The zero-order valence-corrected chi connectivity index (χ0v) is 11.9. The van der Waals surface area contributed by atoms with Crippen LogP contribution < -0.4 is 4.74 Å². The molecule has 2 N–H and O–H groups in total. The fraction of sp³-hybridized carbons (Fsp3) is 0.600. The van der Waals surface area contributed by atoms with E-state index in [9.17, 15) is 10.2 Å². The molecule has 4 nitrogen and oxygen atoms in total. The van der Waals surface area contributed by atoms with E-state index in [2.05, 4.69) is 4.90 Å². The third-order valence-corrected chi connectivity index (χ3v) is 3.92. The van der Waals surface area contributed by atoms with Gasteiger partial charge >= 0.3 is 0 Å². The summed E-state index contributed by atoms with van der Waals surface area (Å²) in [5.74, 6) is 0.997. The van der Waals surface area contributed by atoms with Gasteiger partial charge in [0, 0.05) is 19.0 Å². The van der Waals surface area contributed by atoms with Crippen molar-refractivity contribution in [2.75, 3.05) is 20.2 Å². The summed E-state index contributed by atoms with van der Waals surface area (Å²) in [5, 5.41) is 19.8. The fourth-order valence-electron chi connectivity index (χ4n) is 2.65. The van der Waals surface area contributed by atoms with Crippen LogP contribution in [0.15, 0.2) is 18.2 Å². The molecule has 106 valence electrons. The highest BCUT2D eigenvalue weighted by Gasteiger charge is 2.33. The molecule has 1 heterocycles. The predicted molar refractivity (Wildman–Crippen MR) is 74.3 cm³/mol. The van der Waals surface area contributed by atoms with E-state index < -0.39 is 5.60 Å². The first-order valence-electron chi connectivity index (χ1n) is 6.71. The highest BCUT2D eigenvalue weighted by molar-refractivity contribution is 5.41. The van der Waals surface area contributed by atoms with Crippen molar-refractivity contribution in [3.05, 3.63) is 23.8 Å². The molecule has 0 aromatic heterocycles. The summed E-state index contributed by atoms with van der Waals surface area (Å²) in [6.45, 7) is 6.43. The first-order chi connectivity index (χ1) is 8.90. The van der Waals surface area contributed by atoms with Gasteiger partial charge in [-0.15, -0.1) is 0 Å². The molecule has 1 saturated heterocycles. The smallest absolute Gasteiger partial charge is 0.160 e. The van der Waals surface area contributed by atoms with Gasteiger partial charge in [0.15, 0.2) is 11.5 Å². The summed E-state index contributed by atoms with van der Waals surface area (Å²) >= 11 is 0. The zero-order valence-electron chi connectivity index (χ0n) is 11.9. The monoisotopic (exact) mass is 265 g/mol. The van der Waals surface area contributed by atoms with Crippen LogP contribution in [0, 0.1) is 5.92 Å². The average Bonchev–Trinajstić information content (AvgIpc) is 2.77. The molecule has 1 atom stereocenters. The lowest BCUT2D eigenvalue weighted by Crippen LogP contribution is -2.33. The predicted octanol–water partition coefficient (Wildman–Crippen LogP) is 1.99. The maximum absolute atomic E-state index is 10.0. The number of likely N-dealkylation sites (tertiary alicyclic amines) is 1. The normalized spacial score (nSPS) is 20.7. The van der Waals surface area contributed by atoms with Crippen molar-refractivity contribution in [3.63, 3.8) is 0 Å². The highest BCUT2D eigenvalue weighted by Crippen LogP contribution is 2.30. The lowest BCUT2D eigenvalue weighted by atomic mass is 9.90. The Labute approximate surface area is 114 Å². The van der Waals surface area contributed by atoms with Crippen LogP contribution in [0.4, 0.5) is 0 Å². The van der Waals surface area contributed by atoms with Gasteiger partial charge in [-0.3, -0.25) is 4.90 Å². The summed E-state index contributed by atoms with van der Waals surface area (Å²) in [6, 6.07) is 5.50. The van der Waals surface area contributed by atoms with Gasteiger partial charge in [0.2, 0.25) is 0 Å². The number of phenols is 1. The average molecular weight is 265 g/mol. The van der Waals surface area contributed by atoms with Crippen LogP contribution >= 0.6 is 0 Å². The van der Waals surface area contributed by atoms with Crippen molar-refractivity contribution in [1.29, 1.82) is 0 Å². The third kappa shape index (κ3) is 3.39. The number of methoxy groups -OCH3 is 1. The quantitative estimate of drug-likeness (QED) is 0.874. The first-order valence-corrected chi connectivity index (χ1v) is 6.71. The number of nitrogens with zero attached hydrogens (tertiary/aromatic N) is 1. The SMILES string of the molecule is COc1ccc(CN2CCC(C(C)(C)O)C2)cc1O. The number of benzene rings is 1. The van der Waals surface area contributed by atoms with Crippen molar-refractivity contribution >= 4 is 0 Å². The number of hydrogen-bond donors (Lipinski definition) is 2. The Morgan fingerprint density at radius 3 is 2.68 bits per heavy atom. The van der Waals surface area contributed by atoms with Crippen LogP contribution in [0.3, 0.4) is 0 Å². The van der Waals surface area contributed by atoms with Gasteiger partial charge in [0.25, 0.3) is 0 Å². The van der Waals surface area contributed by atoms with E-state index in [-0.39, 0.29) is 5.75 Å². The van der Waals surface area contributed by atoms with E-state index in [4.69, 9.17) is 4.74 Å². The molecule has 1 fully saturated rings. The van der Waals surface area contributed by atoms with E-state index in [1.165, 1.54) is 0 Å². The molecule has 0 bridgehead atoms. The molecule has 0 spiro atoms. The van der Waals surface area contributed by atoms with Crippen LogP contribution in [-0.4, -0.2) is 40.9 Å². The number of hydrogen-bond acceptors (Lipinski definition) is 4. The number of aromatic hydroxyl groups is 1. The molecule has 0 aliphatic carbocycles. The minimum Gasteiger partial charge on any atom is -0.504 e. The zero-order chi connectivity index (χ0) is 14.0. The van der Waals surface area contributed by atoms with Crippen molar-refractivity contribution in [2.24, 2.45) is 5.92 Å². The van der Waals surface area contributed by atoms with Gasteiger partial charge in [-0.25, -0.2) is 0 Å². The molecule has 1 aliphatic heterocycles. The standard InChI is InChI=1S/C15H23NO3/c1-15(2,18)12-6-7-16(10-12)9-11-4-5-14(19-3)13(17)8-11/h4-5,8,12,17-18H,6-7,9-10H2,1-3H3. The van der Waals surface area contributed by atoms with Crippen molar-refractivity contribution in [3.8, 4) is 11.5 Å². The summed E-state index contributed by atoms with van der Waals surface area (Å²) in [4.78, 5) is 2.31.